The van der Waals surface area contributed by atoms with Gasteiger partial charge in [-0.2, -0.15) is 0 Å². The first-order valence-electron chi connectivity index (χ1n) is 8.41. The normalized spacial score (nSPS) is 25.2. The molecule has 2 unspecified atom stereocenters. The molecule has 2 atom stereocenters. The van der Waals surface area contributed by atoms with Crippen LogP contribution in [0.3, 0.4) is 0 Å². The highest BCUT2D eigenvalue weighted by Gasteiger charge is 2.30. The molecule has 3 nitrogen and oxygen atoms in total. The molecule has 3 rings (SSSR count). The molecule has 1 aromatic carbocycles. The molecule has 2 aliphatic carbocycles. The summed E-state index contributed by atoms with van der Waals surface area (Å²) in [7, 11) is 0. The Hall–Kier alpha value is -1.35. The van der Waals surface area contributed by atoms with Crippen molar-refractivity contribution in [2.75, 3.05) is 11.9 Å². The Balaban J connectivity index is 1.75. The lowest BCUT2D eigenvalue weighted by molar-refractivity contribution is -0.122. The standard InChI is InChI=1S/C18H26N2O/c19-12-14-7-2-4-10-16(14)18(21)20-17-11-5-8-13-6-1-3-9-15(13)17/h5,8,11,14,16H,1-4,6-7,9-10,12,19H2,(H,20,21). The monoisotopic (exact) mass is 286 g/mol. The zero-order valence-corrected chi connectivity index (χ0v) is 12.7. The molecule has 0 aromatic heterocycles. The zero-order valence-electron chi connectivity index (χ0n) is 12.7. The van der Waals surface area contributed by atoms with Gasteiger partial charge in [-0.05, 0) is 68.2 Å². The van der Waals surface area contributed by atoms with Crippen molar-refractivity contribution in [2.45, 2.75) is 51.4 Å². The largest absolute Gasteiger partial charge is 0.330 e. The number of aryl methyl sites for hydroxylation is 1. The highest BCUT2D eigenvalue weighted by Crippen LogP contribution is 2.32. The van der Waals surface area contributed by atoms with Gasteiger partial charge in [-0.3, -0.25) is 4.79 Å². The maximum absolute atomic E-state index is 12.7. The Kier molecular flexibility index (Phi) is 4.59. The molecule has 3 heteroatoms. The smallest absolute Gasteiger partial charge is 0.227 e. The second-order valence-electron chi connectivity index (χ2n) is 6.53. The van der Waals surface area contributed by atoms with Crippen LogP contribution in [0.2, 0.25) is 0 Å². The molecule has 1 amide bonds. The first kappa shape index (κ1) is 14.6. The molecule has 3 N–H and O–H groups in total. The van der Waals surface area contributed by atoms with E-state index in [1.54, 1.807) is 0 Å². The van der Waals surface area contributed by atoms with Crippen LogP contribution in [0.4, 0.5) is 5.69 Å². The fourth-order valence-electron chi connectivity index (χ4n) is 3.96. The Labute approximate surface area is 127 Å². The molecule has 21 heavy (non-hydrogen) atoms. The molecule has 0 spiro atoms. The first-order chi connectivity index (χ1) is 10.3. The predicted molar refractivity (Wildman–Crippen MR) is 86.2 cm³/mol. The Bertz CT molecular complexity index is 512. The maximum atomic E-state index is 12.7. The minimum Gasteiger partial charge on any atom is -0.330 e. The molecule has 1 aromatic rings. The lowest BCUT2D eigenvalue weighted by atomic mass is 9.78. The van der Waals surface area contributed by atoms with Crippen LogP contribution in [0, 0.1) is 11.8 Å². The van der Waals surface area contributed by atoms with Crippen LogP contribution in [-0.4, -0.2) is 12.5 Å². The van der Waals surface area contributed by atoms with E-state index in [-0.39, 0.29) is 11.8 Å². The summed E-state index contributed by atoms with van der Waals surface area (Å²) < 4.78 is 0. The molecular weight excluding hydrogens is 260 g/mol. The van der Waals surface area contributed by atoms with Gasteiger partial charge in [0.2, 0.25) is 5.91 Å². The maximum Gasteiger partial charge on any atom is 0.227 e. The van der Waals surface area contributed by atoms with Gasteiger partial charge in [-0.15, -0.1) is 0 Å². The van der Waals surface area contributed by atoms with E-state index in [9.17, 15) is 4.79 Å². The van der Waals surface area contributed by atoms with Gasteiger partial charge < -0.3 is 11.1 Å². The number of fused-ring (bicyclic) bond motifs is 1. The van der Waals surface area contributed by atoms with E-state index in [1.807, 2.05) is 0 Å². The van der Waals surface area contributed by atoms with E-state index in [0.717, 1.165) is 37.8 Å². The second kappa shape index (κ2) is 6.61. The van der Waals surface area contributed by atoms with E-state index in [0.29, 0.717) is 12.5 Å². The van der Waals surface area contributed by atoms with Crippen molar-refractivity contribution < 1.29 is 4.79 Å². The number of rotatable bonds is 3. The number of hydrogen-bond acceptors (Lipinski definition) is 2. The number of hydrogen-bond donors (Lipinski definition) is 2. The summed E-state index contributed by atoms with van der Waals surface area (Å²) in [5.74, 6) is 0.644. The van der Waals surface area contributed by atoms with Gasteiger partial charge in [0.1, 0.15) is 0 Å². The molecule has 0 bridgehead atoms. The van der Waals surface area contributed by atoms with Gasteiger partial charge in [-0.25, -0.2) is 0 Å². The van der Waals surface area contributed by atoms with Crippen molar-refractivity contribution in [3.05, 3.63) is 29.3 Å². The van der Waals surface area contributed by atoms with E-state index in [1.165, 1.54) is 30.4 Å². The molecular formula is C18H26N2O. The molecule has 1 saturated carbocycles. The fourth-order valence-corrected chi connectivity index (χ4v) is 3.96. The van der Waals surface area contributed by atoms with Crippen molar-refractivity contribution in [1.29, 1.82) is 0 Å². The van der Waals surface area contributed by atoms with Crippen molar-refractivity contribution >= 4 is 11.6 Å². The lowest BCUT2D eigenvalue weighted by Crippen LogP contribution is -2.35. The summed E-state index contributed by atoms with van der Waals surface area (Å²) in [5.41, 5.74) is 9.67. The van der Waals surface area contributed by atoms with E-state index in [2.05, 4.69) is 23.5 Å². The van der Waals surface area contributed by atoms with Gasteiger partial charge in [0.05, 0.1) is 0 Å². The van der Waals surface area contributed by atoms with Crippen molar-refractivity contribution in [1.82, 2.24) is 0 Å². The van der Waals surface area contributed by atoms with Crippen molar-refractivity contribution in [3.63, 3.8) is 0 Å². The summed E-state index contributed by atoms with van der Waals surface area (Å²) in [6.45, 7) is 0.630. The van der Waals surface area contributed by atoms with E-state index >= 15 is 0 Å². The first-order valence-corrected chi connectivity index (χ1v) is 8.41. The summed E-state index contributed by atoms with van der Waals surface area (Å²) in [5, 5.41) is 3.21. The lowest BCUT2D eigenvalue weighted by Gasteiger charge is -2.30. The average Bonchev–Trinajstić information content (AvgIpc) is 2.55. The number of carbonyl (C=O) groups excluding carboxylic acids is 1. The van der Waals surface area contributed by atoms with Gasteiger partial charge in [-0.1, -0.05) is 25.0 Å². The quantitative estimate of drug-likeness (QED) is 0.896. The highest BCUT2D eigenvalue weighted by atomic mass is 16.1. The summed E-state index contributed by atoms with van der Waals surface area (Å²) in [6, 6.07) is 6.33. The minimum atomic E-state index is 0.100. The molecule has 114 valence electrons. The number of carbonyl (C=O) groups is 1. The highest BCUT2D eigenvalue weighted by molar-refractivity contribution is 5.93. The summed E-state index contributed by atoms with van der Waals surface area (Å²) >= 11 is 0. The topological polar surface area (TPSA) is 55.1 Å². The van der Waals surface area contributed by atoms with Crippen LogP contribution in [0.1, 0.15) is 49.7 Å². The SMILES string of the molecule is NCC1CCCCC1C(=O)Nc1cccc2c1CCCC2. The Morgan fingerprint density at radius 3 is 2.81 bits per heavy atom. The zero-order chi connectivity index (χ0) is 14.7. The third-order valence-electron chi connectivity index (χ3n) is 5.20. The van der Waals surface area contributed by atoms with Crippen LogP contribution in [-0.2, 0) is 17.6 Å². The number of nitrogens with one attached hydrogen (secondary N) is 1. The third kappa shape index (κ3) is 3.13. The second-order valence-corrected chi connectivity index (χ2v) is 6.53. The van der Waals surface area contributed by atoms with Gasteiger partial charge >= 0.3 is 0 Å². The molecule has 2 aliphatic rings. The van der Waals surface area contributed by atoms with Gasteiger partial charge in [0, 0.05) is 11.6 Å². The predicted octanol–water partition coefficient (Wildman–Crippen LogP) is 3.27. The number of benzene rings is 1. The van der Waals surface area contributed by atoms with Crippen LogP contribution in [0.25, 0.3) is 0 Å². The van der Waals surface area contributed by atoms with Crippen molar-refractivity contribution in [2.24, 2.45) is 17.6 Å². The number of anilines is 1. The van der Waals surface area contributed by atoms with Gasteiger partial charge in [0.25, 0.3) is 0 Å². The third-order valence-corrected chi connectivity index (χ3v) is 5.20. The van der Waals surface area contributed by atoms with Crippen LogP contribution in [0.5, 0.6) is 0 Å². The summed E-state index contributed by atoms with van der Waals surface area (Å²) in [6.07, 6.45) is 9.19. The number of nitrogens with two attached hydrogens (primary N) is 1. The van der Waals surface area contributed by atoms with Gasteiger partial charge in [0.15, 0.2) is 0 Å². The van der Waals surface area contributed by atoms with Crippen LogP contribution in [0.15, 0.2) is 18.2 Å². The molecule has 0 aliphatic heterocycles. The molecule has 1 fully saturated rings. The van der Waals surface area contributed by atoms with Crippen LogP contribution < -0.4 is 11.1 Å². The Morgan fingerprint density at radius 2 is 1.95 bits per heavy atom. The molecule has 0 saturated heterocycles. The Morgan fingerprint density at radius 1 is 1.14 bits per heavy atom. The van der Waals surface area contributed by atoms with E-state index in [4.69, 9.17) is 5.73 Å². The average molecular weight is 286 g/mol. The van der Waals surface area contributed by atoms with Crippen molar-refractivity contribution in [3.8, 4) is 0 Å². The molecule has 0 radical (unpaired) electrons. The number of amides is 1. The minimum absolute atomic E-state index is 0.100. The van der Waals surface area contributed by atoms with Crippen LogP contribution >= 0.6 is 0 Å². The summed E-state index contributed by atoms with van der Waals surface area (Å²) in [4.78, 5) is 12.7. The molecule has 0 heterocycles. The van der Waals surface area contributed by atoms with E-state index < -0.39 is 0 Å². The fraction of sp³-hybridized carbons (Fsp3) is 0.611.